The molecule has 0 aromatic carbocycles. The average molecular weight is 352 g/mol. The number of carbonyl (C=O) groups excluding carboxylic acids is 3. The fraction of sp³-hybridized carbons (Fsp3) is 0.588. The van der Waals surface area contributed by atoms with Crippen molar-refractivity contribution in [1.29, 1.82) is 0 Å². The van der Waals surface area contributed by atoms with Crippen LogP contribution in [0.2, 0.25) is 0 Å². The molecule has 1 aliphatic heterocycles. The Labute approximate surface area is 146 Å². The van der Waals surface area contributed by atoms with Crippen LogP contribution in [0.1, 0.15) is 42.3 Å². The van der Waals surface area contributed by atoms with Crippen LogP contribution in [0.5, 0.6) is 0 Å². The van der Waals surface area contributed by atoms with Crippen molar-refractivity contribution >= 4 is 29.1 Å². The molecule has 1 aromatic rings. The van der Waals surface area contributed by atoms with Crippen molar-refractivity contribution in [2.45, 2.75) is 32.6 Å². The molecule has 1 aromatic heterocycles. The van der Waals surface area contributed by atoms with Crippen LogP contribution in [0.4, 0.5) is 0 Å². The second kappa shape index (κ2) is 9.42. The monoisotopic (exact) mass is 352 g/mol. The SMILES string of the molecule is CCOC(=O)CCCNC(=O)C1CCCN(C(=O)c2cccs2)C1. The lowest BCUT2D eigenvalue weighted by Crippen LogP contribution is -2.45. The van der Waals surface area contributed by atoms with E-state index >= 15 is 0 Å². The summed E-state index contributed by atoms with van der Waals surface area (Å²) in [7, 11) is 0. The molecule has 7 heteroatoms. The van der Waals surface area contributed by atoms with Crippen LogP contribution >= 0.6 is 11.3 Å². The van der Waals surface area contributed by atoms with Crippen LogP contribution in [-0.4, -0.2) is 48.9 Å². The molecular weight excluding hydrogens is 328 g/mol. The minimum atomic E-state index is -0.239. The van der Waals surface area contributed by atoms with Crippen molar-refractivity contribution in [1.82, 2.24) is 10.2 Å². The number of carbonyl (C=O) groups is 3. The highest BCUT2D eigenvalue weighted by Crippen LogP contribution is 2.20. The second-order valence-electron chi connectivity index (χ2n) is 5.77. The lowest BCUT2D eigenvalue weighted by molar-refractivity contribution is -0.143. The molecule has 0 aliphatic carbocycles. The highest BCUT2D eigenvalue weighted by Gasteiger charge is 2.29. The number of thiophene rings is 1. The van der Waals surface area contributed by atoms with E-state index in [1.165, 1.54) is 11.3 Å². The second-order valence-corrected chi connectivity index (χ2v) is 6.71. The van der Waals surface area contributed by atoms with Gasteiger partial charge < -0.3 is 15.0 Å². The molecule has 0 saturated carbocycles. The maximum Gasteiger partial charge on any atom is 0.305 e. The summed E-state index contributed by atoms with van der Waals surface area (Å²) < 4.78 is 4.85. The normalized spacial score (nSPS) is 17.4. The summed E-state index contributed by atoms with van der Waals surface area (Å²) in [5.74, 6) is -0.449. The molecule has 1 fully saturated rings. The number of ether oxygens (including phenoxy) is 1. The van der Waals surface area contributed by atoms with Crippen molar-refractivity contribution in [3.05, 3.63) is 22.4 Å². The lowest BCUT2D eigenvalue weighted by Gasteiger charge is -2.31. The number of esters is 1. The van der Waals surface area contributed by atoms with Gasteiger partial charge in [0.15, 0.2) is 0 Å². The number of amides is 2. The van der Waals surface area contributed by atoms with E-state index in [1.54, 1.807) is 11.8 Å². The van der Waals surface area contributed by atoms with E-state index < -0.39 is 0 Å². The van der Waals surface area contributed by atoms with Crippen LogP contribution < -0.4 is 5.32 Å². The number of rotatable bonds is 7. The van der Waals surface area contributed by atoms with Crippen LogP contribution in [0.3, 0.4) is 0 Å². The number of piperidine rings is 1. The van der Waals surface area contributed by atoms with Gasteiger partial charge in [-0.1, -0.05) is 6.07 Å². The Morgan fingerprint density at radius 1 is 1.42 bits per heavy atom. The van der Waals surface area contributed by atoms with Gasteiger partial charge in [-0.2, -0.15) is 0 Å². The Hall–Kier alpha value is -1.89. The van der Waals surface area contributed by atoms with E-state index in [2.05, 4.69) is 5.32 Å². The molecule has 2 rings (SSSR count). The first-order chi connectivity index (χ1) is 11.6. The van der Waals surface area contributed by atoms with Crippen LogP contribution in [0.15, 0.2) is 17.5 Å². The molecule has 1 saturated heterocycles. The van der Waals surface area contributed by atoms with E-state index in [0.29, 0.717) is 44.0 Å². The molecule has 1 unspecified atom stereocenters. The fourth-order valence-electron chi connectivity index (χ4n) is 2.75. The van der Waals surface area contributed by atoms with E-state index in [4.69, 9.17) is 4.74 Å². The Balaban J connectivity index is 1.74. The summed E-state index contributed by atoms with van der Waals surface area (Å²) in [4.78, 5) is 38.4. The maximum absolute atomic E-state index is 12.4. The quantitative estimate of drug-likeness (QED) is 0.602. The minimum absolute atomic E-state index is 0.00445. The third-order valence-corrected chi connectivity index (χ3v) is 4.83. The number of nitrogens with zero attached hydrogens (tertiary/aromatic N) is 1. The highest BCUT2D eigenvalue weighted by molar-refractivity contribution is 7.12. The zero-order valence-electron chi connectivity index (χ0n) is 14.0. The maximum atomic E-state index is 12.4. The lowest BCUT2D eigenvalue weighted by atomic mass is 9.97. The standard InChI is InChI=1S/C17H24N2O4S/c1-2-23-15(20)8-3-9-18-16(21)13-6-4-10-19(12-13)17(22)14-7-5-11-24-14/h5,7,11,13H,2-4,6,8-10,12H2,1H3,(H,18,21). The van der Waals surface area contributed by atoms with Gasteiger partial charge in [-0.25, -0.2) is 0 Å². The van der Waals surface area contributed by atoms with Gasteiger partial charge in [-0.3, -0.25) is 14.4 Å². The first kappa shape index (κ1) is 18.4. The van der Waals surface area contributed by atoms with E-state index in [-0.39, 0.29) is 23.7 Å². The number of hydrogen-bond donors (Lipinski definition) is 1. The third-order valence-electron chi connectivity index (χ3n) is 3.97. The first-order valence-electron chi connectivity index (χ1n) is 8.38. The van der Waals surface area contributed by atoms with Gasteiger partial charge in [0, 0.05) is 26.1 Å². The molecule has 2 heterocycles. The van der Waals surface area contributed by atoms with Crippen molar-refractivity contribution in [2.75, 3.05) is 26.2 Å². The summed E-state index contributed by atoms with van der Waals surface area (Å²) in [6.45, 7) is 3.75. The van der Waals surface area contributed by atoms with Crippen molar-refractivity contribution in [2.24, 2.45) is 5.92 Å². The molecule has 0 radical (unpaired) electrons. The molecule has 132 valence electrons. The zero-order chi connectivity index (χ0) is 17.4. The number of likely N-dealkylation sites (tertiary alicyclic amines) is 1. The van der Waals surface area contributed by atoms with Crippen LogP contribution in [0, 0.1) is 5.92 Å². The van der Waals surface area contributed by atoms with Gasteiger partial charge >= 0.3 is 5.97 Å². The molecule has 1 atom stereocenters. The summed E-state index contributed by atoms with van der Waals surface area (Å²) in [6, 6.07) is 3.67. The molecule has 0 spiro atoms. The number of nitrogens with one attached hydrogen (secondary N) is 1. The number of hydrogen-bond acceptors (Lipinski definition) is 5. The molecular formula is C17H24N2O4S. The predicted molar refractivity (Wildman–Crippen MR) is 91.8 cm³/mol. The molecule has 0 bridgehead atoms. The molecule has 24 heavy (non-hydrogen) atoms. The third kappa shape index (κ3) is 5.33. The summed E-state index contributed by atoms with van der Waals surface area (Å²) in [6.07, 6.45) is 2.49. The van der Waals surface area contributed by atoms with Crippen LogP contribution in [-0.2, 0) is 14.3 Å². The van der Waals surface area contributed by atoms with E-state index in [1.807, 2.05) is 17.5 Å². The summed E-state index contributed by atoms with van der Waals surface area (Å²) >= 11 is 1.42. The summed E-state index contributed by atoms with van der Waals surface area (Å²) in [5.41, 5.74) is 0. The molecule has 1 N–H and O–H groups in total. The van der Waals surface area contributed by atoms with Crippen molar-refractivity contribution in [3.8, 4) is 0 Å². The Morgan fingerprint density at radius 2 is 2.25 bits per heavy atom. The van der Waals surface area contributed by atoms with Gasteiger partial charge in [0.05, 0.1) is 17.4 Å². The predicted octanol–water partition coefficient (Wildman–Crippen LogP) is 2.06. The van der Waals surface area contributed by atoms with Crippen molar-refractivity contribution in [3.63, 3.8) is 0 Å². The Morgan fingerprint density at radius 3 is 2.96 bits per heavy atom. The molecule has 6 nitrogen and oxygen atoms in total. The molecule has 2 amide bonds. The van der Waals surface area contributed by atoms with Crippen molar-refractivity contribution < 1.29 is 19.1 Å². The van der Waals surface area contributed by atoms with Crippen LogP contribution in [0.25, 0.3) is 0 Å². The van der Waals surface area contributed by atoms with E-state index in [0.717, 1.165) is 12.8 Å². The first-order valence-corrected chi connectivity index (χ1v) is 9.26. The fourth-order valence-corrected chi connectivity index (χ4v) is 3.44. The van der Waals surface area contributed by atoms with Gasteiger partial charge in [-0.15, -0.1) is 11.3 Å². The van der Waals surface area contributed by atoms with Gasteiger partial charge in [-0.05, 0) is 37.6 Å². The van der Waals surface area contributed by atoms with Gasteiger partial charge in [0.25, 0.3) is 5.91 Å². The van der Waals surface area contributed by atoms with Gasteiger partial charge in [0.1, 0.15) is 0 Å². The van der Waals surface area contributed by atoms with E-state index in [9.17, 15) is 14.4 Å². The average Bonchev–Trinajstić information content (AvgIpc) is 3.13. The zero-order valence-corrected chi connectivity index (χ0v) is 14.8. The van der Waals surface area contributed by atoms with Gasteiger partial charge in [0.2, 0.25) is 5.91 Å². The largest absolute Gasteiger partial charge is 0.466 e. The smallest absolute Gasteiger partial charge is 0.305 e. The summed E-state index contributed by atoms with van der Waals surface area (Å²) in [5, 5.41) is 4.74. The minimum Gasteiger partial charge on any atom is -0.466 e. The highest BCUT2D eigenvalue weighted by atomic mass is 32.1. The topological polar surface area (TPSA) is 75.7 Å². The Kier molecular flexibility index (Phi) is 7.24. The Bertz CT molecular complexity index is 559. The molecule has 1 aliphatic rings.